The standard InChI is InChI=1S/C12H21N3OS.2ClH/c1-8(2)5-11-14-10(7-17-11)12(16)15(4)9(3)6-13;;/h7-9H,5-6,13H2,1-4H3;2*1H. The van der Waals surface area contributed by atoms with E-state index in [1.54, 1.807) is 23.3 Å². The molecule has 0 fully saturated rings. The third-order valence-electron chi connectivity index (χ3n) is 2.68. The van der Waals surface area contributed by atoms with Crippen molar-refractivity contribution in [2.75, 3.05) is 13.6 Å². The molecule has 0 saturated heterocycles. The van der Waals surface area contributed by atoms with Crippen LogP contribution in [0.25, 0.3) is 0 Å². The van der Waals surface area contributed by atoms with Crippen LogP contribution in [0.2, 0.25) is 0 Å². The Bertz CT molecular complexity index is 385. The monoisotopic (exact) mass is 327 g/mol. The number of hydrogen-bond donors (Lipinski definition) is 1. The highest BCUT2D eigenvalue weighted by Gasteiger charge is 2.19. The van der Waals surface area contributed by atoms with E-state index < -0.39 is 0 Å². The predicted molar refractivity (Wildman–Crippen MR) is 85.8 cm³/mol. The fourth-order valence-electron chi connectivity index (χ4n) is 1.39. The van der Waals surface area contributed by atoms with E-state index in [1.807, 2.05) is 12.3 Å². The number of nitrogens with two attached hydrogens (primary N) is 1. The highest BCUT2D eigenvalue weighted by Crippen LogP contribution is 2.15. The van der Waals surface area contributed by atoms with Crippen molar-refractivity contribution in [2.24, 2.45) is 11.7 Å². The van der Waals surface area contributed by atoms with Crippen molar-refractivity contribution in [2.45, 2.75) is 33.2 Å². The molecule has 0 saturated carbocycles. The van der Waals surface area contributed by atoms with E-state index in [2.05, 4.69) is 18.8 Å². The molecule has 0 radical (unpaired) electrons. The summed E-state index contributed by atoms with van der Waals surface area (Å²) in [5, 5.41) is 2.86. The molecule has 19 heavy (non-hydrogen) atoms. The highest BCUT2D eigenvalue weighted by molar-refractivity contribution is 7.09. The number of amides is 1. The van der Waals surface area contributed by atoms with Gasteiger partial charge in [0, 0.05) is 31.4 Å². The Morgan fingerprint density at radius 3 is 2.47 bits per heavy atom. The van der Waals surface area contributed by atoms with Gasteiger partial charge in [-0.1, -0.05) is 13.8 Å². The number of thiazole rings is 1. The second-order valence-electron chi connectivity index (χ2n) is 4.73. The molecule has 1 atom stereocenters. The van der Waals surface area contributed by atoms with Gasteiger partial charge in [-0.2, -0.15) is 0 Å². The van der Waals surface area contributed by atoms with Gasteiger partial charge in [0.05, 0.1) is 5.01 Å². The zero-order chi connectivity index (χ0) is 13.0. The molecule has 0 aliphatic heterocycles. The molecule has 4 nitrogen and oxygen atoms in total. The molecule has 2 N–H and O–H groups in total. The lowest BCUT2D eigenvalue weighted by Crippen LogP contribution is -2.39. The van der Waals surface area contributed by atoms with Gasteiger partial charge >= 0.3 is 0 Å². The first-order valence-corrected chi connectivity index (χ1v) is 6.75. The van der Waals surface area contributed by atoms with E-state index in [9.17, 15) is 4.79 Å². The van der Waals surface area contributed by atoms with E-state index in [1.165, 1.54) is 0 Å². The van der Waals surface area contributed by atoms with Crippen LogP contribution in [0, 0.1) is 5.92 Å². The summed E-state index contributed by atoms with van der Waals surface area (Å²) >= 11 is 1.55. The van der Waals surface area contributed by atoms with Gasteiger partial charge in [-0.05, 0) is 12.8 Å². The summed E-state index contributed by atoms with van der Waals surface area (Å²) in [6.45, 7) is 6.68. The summed E-state index contributed by atoms with van der Waals surface area (Å²) in [5.41, 5.74) is 6.08. The number of halogens is 2. The molecule has 7 heteroatoms. The van der Waals surface area contributed by atoms with Crippen LogP contribution in [0.5, 0.6) is 0 Å². The predicted octanol–water partition coefficient (Wildman–Crippen LogP) is 2.60. The van der Waals surface area contributed by atoms with Crippen molar-refractivity contribution >= 4 is 42.1 Å². The van der Waals surface area contributed by atoms with Crippen LogP contribution in [0.4, 0.5) is 0 Å². The van der Waals surface area contributed by atoms with Gasteiger partial charge in [0.1, 0.15) is 5.69 Å². The number of likely N-dealkylation sites (N-methyl/N-ethyl adjacent to an activating group) is 1. The van der Waals surface area contributed by atoms with Crippen molar-refractivity contribution < 1.29 is 4.79 Å². The highest BCUT2D eigenvalue weighted by atomic mass is 35.5. The maximum Gasteiger partial charge on any atom is 0.273 e. The van der Waals surface area contributed by atoms with Gasteiger partial charge < -0.3 is 10.6 Å². The van der Waals surface area contributed by atoms with E-state index in [0.29, 0.717) is 18.2 Å². The third-order valence-corrected chi connectivity index (χ3v) is 3.55. The van der Waals surface area contributed by atoms with E-state index in [4.69, 9.17) is 5.73 Å². The zero-order valence-corrected chi connectivity index (χ0v) is 14.2. The molecule has 1 amide bonds. The average Bonchev–Trinajstić information content (AvgIpc) is 2.73. The van der Waals surface area contributed by atoms with Gasteiger partial charge in [0.2, 0.25) is 0 Å². The molecule has 1 aromatic heterocycles. The summed E-state index contributed by atoms with van der Waals surface area (Å²) in [7, 11) is 1.77. The van der Waals surface area contributed by atoms with Crippen molar-refractivity contribution in [3.8, 4) is 0 Å². The first kappa shape index (κ1) is 20.9. The van der Waals surface area contributed by atoms with E-state index >= 15 is 0 Å². The lowest BCUT2D eigenvalue weighted by molar-refractivity contribution is 0.0743. The molecule has 1 aromatic rings. The molecule has 1 rings (SSSR count). The lowest BCUT2D eigenvalue weighted by atomic mass is 10.1. The minimum Gasteiger partial charge on any atom is -0.336 e. The number of carbonyl (C=O) groups excluding carboxylic acids is 1. The van der Waals surface area contributed by atoms with Crippen molar-refractivity contribution in [3.63, 3.8) is 0 Å². The van der Waals surface area contributed by atoms with Gasteiger partial charge in [-0.3, -0.25) is 4.79 Å². The number of aromatic nitrogens is 1. The maximum atomic E-state index is 12.1. The van der Waals surface area contributed by atoms with Crippen LogP contribution in [-0.4, -0.2) is 35.4 Å². The van der Waals surface area contributed by atoms with Gasteiger partial charge in [-0.15, -0.1) is 36.2 Å². The van der Waals surface area contributed by atoms with Gasteiger partial charge in [0.25, 0.3) is 5.91 Å². The first-order valence-electron chi connectivity index (χ1n) is 5.87. The number of carbonyl (C=O) groups is 1. The molecule has 1 heterocycles. The summed E-state index contributed by atoms with van der Waals surface area (Å²) in [5.74, 6) is 0.513. The molecule has 1 unspecified atom stereocenters. The number of rotatable bonds is 5. The Morgan fingerprint density at radius 2 is 2.00 bits per heavy atom. The quantitative estimate of drug-likeness (QED) is 0.904. The second kappa shape index (κ2) is 9.53. The first-order chi connectivity index (χ1) is 7.95. The smallest absolute Gasteiger partial charge is 0.273 e. The minimum absolute atomic E-state index is 0. The largest absolute Gasteiger partial charge is 0.336 e. The summed E-state index contributed by atoms with van der Waals surface area (Å²) in [4.78, 5) is 18.1. The topological polar surface area (TPSA) is 59.2 Å². The third kappa shape index (κ3) is 6.08. The Hall–Kier alpha value is -0.360. The fourth-order valence-corrected chi connectivity index (χ4v) is 2.37. The molecule has 112 valence electrons. The molecule has 0 bridgehead atoms. The molecular formula is C12H23Cl2N3OS. The van der Waals surface area contributed by atoms with Crippen LogP contribution in [0.15, 0.2) is 5.38 Å². The molecular weight excluding hydrogens is 305 g/mol. The van der Waals surface area contributed by atoms with Crippen LogP contribution in [-0.2, 0) is 6.42 Å². The summed E-state index contributed by atoms with van der Waals surface area (Å²) in [6, 6.07) is 0.0396. The summed E-state index contributed by atoms with van der Waals surface area (Å²) in [6.07, 6.45) is 0.925. The normalized spacial score (nSPS) is 11.5. The van der Waals surface area contributed by atoms with Crippen LogP contribution < -0.4 is 5.73 Å². The van der Waals surface area contributed by atoms with Crippen LogP contribution in [0.3, 0.4) is 0 Å². The van der Waals surface area contributed by atoms with E-state index in [0.717, 1.165) is 11.4 Å². The zero-order valence-electron chi connectivity index (χ0n) is 11.8. The second-order valence-corrected chi connectivity index (χ2v) is 5.67. The Balaban J connectivity index is 0. The molecule has 0 aliphatic carbocycles. The van der Waals surface area contributed by atoms with Crippen molar-refractivity contribution in [1.82, 2.24) is 9.88 Å². The van der Waals surface area contributed by atoms with Crippen molar-refractivity contribution in [1.29, 1.82) is 0 Å². The molecule has 0 aromatic carbocycles. The Kier molecular flexibility index (Phi) is 10.5. The SMILES string of the molecule is CC(C)Cc1nc(C(=O)N(C)C(C)CN)cs1.Cl.Cl. The van der Waals surface area contributed by atoms with E-state index in [-0.39, 0.29) is 36.8 Å². The van der Waals surface area contributed by atoms with Gasteiger partial charge in [-0.25, -0.2) is 4.98 Å². The van der Waals surface area contributed by atoms with Crippen LogP contribution >= 0.6 is 36.2 Å². The fraction of sp³-hybridized carbons (Fsp3) is 0.667. The Labute approximate surface area is 131 Å². The average molecular weight is 328 g/mol. The molecule has 0 spiro atoms. The van der Waals surface area contributed by atoms with Gasteiger partial charge in [0.15, 0.2) is 0 Å². The number of hydrogen-bond acceptors (Lipinski definition) is 4. The maximum absolute atomic E-state index is 12.1. The van der Waals surface area contributed by atoms with Crippen LogP contribution in [0.1, 0.15) is 36.3 Å². The minimum atomic E-state index is -0.0470. The lowest BCUT2D eigenvalue weighted by Gasteiger charge is -2.22. The molecule has 0 aliphatic rings. The summed E-state index contributed by atoms with van der Waals surface area (Å²) < 4.78 is 0. The number of nitrogens with zero attached hydrogens (tertiary/aromatic N) is 2. The van der Waals surface area contributed by atoms with Crippen molar-refractivity contribution in [3.05, 3.63) is 16.1 Å². The Morgan fingerprint density at radius 1 is 1.42 bits per heavy atom.